The molecule has 182 valence electrons. The van der Waals surface area contributed by atoms with Crippen LogP contribution < -0.4 is 14.8 Å². The van der Waals surface area contributed by atoms with Crippen molar-refractivity contribution in [2.45, 2.75) is 18.3 Å². The summed E-state index contributed by atoms with van der Waals surface area (Å²) in [5.41, 5.74) is 3.27. The van der Waals surface area contributed by atoms with Gasteiger partial charge in [-0.25, -0.2) is 4.98 Å². The quantitative estimate of drug-likeness (QED) is 0.360. The van der Waals surface area contributed by atoms with Crippen molar-refractivity contribution >= 4 is 46.3 Å². The number of imidazole rings is 1. The molecule has 0 radical (unpaired) electrons. The van der Waals surface area contributed by atoms with Crippen LogP contribution in [0.15, 0.2) is 66.7 Å². The highest BCUT2D eigenvalue weighted by atomic mass is 35.5. The number of imide groups is 1. The van der Waals surface area contributed by atoms with Crippen molar-refractivity contribution in [3.63, 3.8) is 0 Å². The average molecular weight is 521 g/mol. The number of amides is 2. The molecule has 1 fully saturated rings. The number of nitrogens with zero attached hydrogens (tertiary/aromatic N) is 3. The van der Waals surface area contributed by atoms with Gasteiger partial charge in [0.2, 0.25) is 5.91 Å². The normalized spacial score (nSPS) is 14.7. The average Bonchev–Trinajstić information content (AvgIpc) is 3.36. The number of ether oxygens (including phenoxy) is 2. The van der Waals surface area contributed by atoms with Gasteiger partial charge >= 0.3 is 0 Å². The zero-order valence-electron chi connectivity index (χ0n) is 19.1. The molecule has 36 heavy (non-hydrogen) atoms. The maximum absolute atomic E-state index is 11.8. The van der Waals surface area contributed by atoms with Crippen molar-refractivity contribution in [2.24, 2.45) is 7.05 Å². The highest BCUT2D eigenvalue weighted by Crippen LogP contribution is 2.27. The van der Waals surface area contributed by atoms with Crippen LogP contribution >= 0.6 is 24.2 Å². The summed E-state index contributed by atoms with van der Waals surface area (Å²) in [6.45, 7) is 0.283. The topological polar surface area (TPSA) is 106 Å². The number of hydrogen-bond acceptors (Lipinski definition) is 7. The Bertz CT molecular complexity index is 1460. The van der Waals surface area contributed by atoms with E-state index in [2.05, 4.69) is 16.4 Å². The van der Waals surface area contributed by atoms with Gasteiger partial charge in [-0.15, -0.1) is 12.4 Å². The Kier molecular flexibility index (Phi) is 7.48. The Morgan fingerprint density at radius 2 is 1.72 bits per heavy atom. The number of nitriles is 1. The predicted octanol–water partition coefficient (Wildman–Crippen LogP) is 5.13. The molecule has 0 saturated carbocycles. The smallest absolute Gasteiger partial charge is 0.286 e. The summed E-state index contributed by atoms with van der Waals surface area (Å²) in [6, 6.07) is 22.2. The van der Waals surface area contributed by atoms with Crippen molar-refractivity contribution in [3.8, 4) is 23.3 Å². The van der Waals surface area contributed by atoms with E-state index in [4.69, 9.17) is 14.7 Å². The van der Waals surface area contributed by atoms with Gasteiger partial charge in [-0.1, -0.05) is 23.9 Å². The fraction of sp³-hybridized carbons (Fsp3) is 0.154. The molecule has 1 aliphatic rings. The Morgan fingerprint density at radius 1 is 1.03 bits per heavy atom. The van der Waals surface area contributed by atoms with Gasteiger partial charge in [0.05, 0.1) is 27.9 Å². The minimum Gasteiger partial charge on any atom is -0.486 e. The van der Waals surface area contributed by atoms with Crippen LogP contribution in [-0.2, 0) is 24.9 Å². The Hall–Kier alpha value is -4.00. The van der Waals surface area contributed by atoms with Gasteiger partial charge in [0.15, 0.2) is 0 Å². The first-order valence-corrected chi connectivity index (χ1v) is 11.7. The molecule has 0 spiro atoms. The maximum Gasteiger partial charge on any atom is 0.286 e. The van der Waals surface area contributed by atoms with E-state index in [1.54, 1.807) is 24.3 Å². The number of nitrogens with one attached hydrogen (secondary N) is 1. The van der Waals surface area contributed by atoms with Gasteiger partial charge in [-0.05, 0) is 60.5 Å². The number of benzene rings is 3. The first-order chi connectivity index (χ1) is 17.0. The lowest BCUT2D eigenvalue weighted by molar-refractivity contribution is -0.118. The SMILES string of the molecule is Cl.Cn1c(COc2ccc(CC3SC(=O)NC3=O)cc2)nc2ccc(Oc3ccc(C#N)cc3)cc21. The highest BCUT2D eigenvalue weighted by molar-refractivity contribution is 8.15. The molecule has 2 amide bonds. The lowest BCUT2D eigenvalue weighted by atomic mass is 10.1. The molecule has 1 unspecified atom stereocenters. The summed E-state index contributed by atoms with van der Waals surface area (Å²) in [4.78, 5) is 27.7. The van der Waals surface area contributed by atoms with Gasteiger partial charge in [0.1, 0.15) is 29.7 Å². The van der Waals surface area contributed by atoms with E-state index in [9.17, 15) is 9.59 Å². The van der Waals surface area contributed by atoms with Gasteiger partial charge in [0, 0.05) is 13.1 Å². The second-order valence-corrected chi connectivity index (χ2v) is 9.17. The molecule has 0 aliphatic carbocycles. The van der Waals surface area contributed by atoms with Crippen LogP contribution in [0.2, 0.25) is 0 Å². The van der Waals surface area contributed by atoms with E-state index >= 15 is 0 Å². The zero-order valence-corrected chi connectivity index (χ0v) is 20.8. The third-order valence-electron chi connectivity index (χ3n) is 5.64. The molecule has 10 heteroatoms. The number of aryl methyl sites for hydroxylation is 1. The van der Waals surface area contributed by atoms with Crippen molar-refractivity contribution < 1.29 is 19.1 Å². The number of rotatable bonds is 7. The number of thioether (sulfide) groups is 1. The summed E-state index contributed by atoms with van der Waals surface area (Å²) in [5, 5.41) is 10.6. The molecule has 1 atom stereocenters. The standard InChI is InChI=1S/C26H20N4O4S.ClH/c1-30-22-13-20(34-19-8-4-17(14-27)5-9-19)10-11-21(22)28-24(30)15-33-18-6-2-16(3-7-18)12-23-25(31)29-26(32)35-23;/h2-11,13,23H,12,15H2,1H3,(H,29,31,32);1H. The van der Waals surface area contributed by atoms with E-state index in [1.165, 1.54) is 0 Å². The van der Waals surface area contributed by atoms with Crippen LogP contribution in [-0.4, -0.2) is 25.9 Å². The number of carbonyl (C=O) groups excluding carboxylic acids is 2. The van der Waals surface area contributed by atoms with E-state index in [-0.39, 0.29) is 35.4 Å². The molecular formula is C26H21ClN4O4S. The Morgan fingerprint density at radius 3 is 2.39 bits per heavy atom. The maximum atomic E-state index is 11.8. The van der Waals surface area contributed by atoms with Gasteiger partial charge in [-0.3, -0.25) is 14.9 Å². The molecule has 1 aliphatic heterocycles. The first-order valence-electron chi connectivity index (χ1n) is 10.8. The molecule has 5 rings (SSSR count). The molecule has 1 saturated heterocycles. The van der Waals surface area contributed by atoms with Crippen LogP contribution in [0.4, 0.5) is 4.79 Å². The molecule has 2 heterocycles. The summed E-state index contributed by atoms with van der Waals surface area (Å²) in [5.74, 6) is 2.52. The Labute approximate surface area is 217 Å². The molecular weight excluding hydrogens is 500 g/mol. The van der Waals surface area contributed by atoms with E-state index < -0.39 is 0 Å². The van der Waals surface area contributed by atoms with Crippen molar-refractivity contribution in [3.05, 3.63) is 83.7 Å². The lowest BCUT2D eigenvalue weighted by Gasteiger charge is -2.09. The van der Waals surface area contributed by atoms with Crippen LogP contribution in [0.5, 0.6) is 17.2 Å². The van der Waals surface area contributed by atoms with E-state index in [1.807, 2.05) is 54.1 Å². The molecule has 0 bridgehead atoms. The largest absolute Gasteiger partial charge is 0.486 e. The molecule has 1 aromatic heterocycles. The van der Waals surface area contributed by atoms with Crippen LogP contribution in [0.3, 0.4) is 0 Å². The fourth-order valence-corrected chi connectivity index (χ4v) is 4.62. The van der Waals surface area contributed by atoms with E-state index in [0.717, 1.165) is 34.2 Å². The van der Waals surface area contributed by atoms with Crippen molar-refractivity contribution in [1.82, 2.24) is 14.9 Å². The Balaban J connectivity index is 0.00000304. The van der Waals surface area contributed by atoms with Crippen LogP contribution in [0, 0.1) is 11.3 Å². The third-order valence-corrected chi connectivity index (χ3v) is 6.62. The number of halogens is 1. The minimum atomic E-state index is -0.389. The highest BCUT2D eigenvalue weighted by Gasteiger charge is 2.31. The number of aromatic nitrogens is 2. The summed E-state index contributed by atoms with van der Waals surface area (Å²) >= 11 is 1.02. The van der Waals surface area contributed by atoms with Gasteiger partial charge < -0.3 is 14.0 Å². The molecule has 4 aromatic rings. The molecule has 8 nitrogen and oxygen atoms in total. The van der Waals surface area contributed by atoms with Crippen LogP contribution in [0.1, 0.15) is 17.0 Å². The zero-order chi connectivity index (χ0) is 24.4. The van der Waals surface area contributed by atoms with Crippen LogP contribution in [0.25, 0.3) is 11.0 Å². The van der Waals surface area contributed by atoms with Gasteiger partial charge in [0.25, 0.3) is 5.24 Å². The monoisotopic (exact) mass is 520 g/mol. The van der Waals surface area contributed by atoms with Gasteiger partial charge in [-0.2, -0.15) is 5.26 Å². The second kappa shape index (κ2) is 10.7. The van der Waals surface area contributed by atoms with Crippen molar-refractivity contribution in [2.75, 3.05) is 0 Å². The summed E-state index contributed by atoms with van der Waals surface area (Å²) in [7, 11) is 1.92. The number of hydrogen-bond donors (Lipinski definition) is 1. The molecule has 3 aromatic carbocycles. The number of carbonyl (C=O) groups is 2. The van der Waals surface area contributed by atoms with E-state index in [0.29, 0.717) is 29.2 Å². The third kappa shape index (κ3) is 5.46. The minimum absolute atomic E-state index is 0. The predicted molar refractivity (Wildman–Crippen MR) is 139 cm³/mol. The number of fused-ring (bicyclic) bond motifs is 1. The molecule has 1 N–H and O–H groups in total. The lowest BCUT2D eigenvalue weighted by Crippen LogP contribution is -2.25. The first kappa shape index (κ1) is 25.1. The summed E-state index contributed by atoms with van der Waals surface area (Å²) in [6.07, 6.45) is 0.486. The van der Waals surface area contributed by atoms with Crippen molar-refractivity contribution in [1.29, 1.82) is 5.26 Å². The fourth-order valence-electron chi connectivity index (χ4n) is 3.76. The second-order valence-electron chi connectivity index (χ2n) is 8.00. The summed E-state index contributed by atoms with van der Waals surface area (Å²) < 4.78 is 13.8.